The molecule has 0 saturated carbocycles. The minimum Gasteiger partial charge on any atom is -0.368 e. The molecule has 3 nitrogen and oxygen atoms in total. The standard InChI is InChI=1S/C14H11N3.C6F6/c15-14-16-8-11(9-17-14)13-7-3-5-10-4-1-2-6-12(10)13;7-1-2(8)4(10)6(12)5(11)3(1)9/h1-9H,(H2,15,16,17);. The lowest BCUT2D eigenvalue weighted by Crippen LogP contribution is -2.04. The molecule has 0 aliphatic carbocycles. The molecule has 0 radical (unpaired) electrons. The second-order valence-electron chi connectivity index (χ2n) is 5.74. The zero-order chi connectivity index (χ0) is 21.1. The van der Waals surface area contributed by atoms with Gasteiger partial charge in [-0.2, -0.15) is 0 Å². The molecule has 0 aliphatic rings. The Morgan fingerprint density at radius 2 is 1.03 bits per heavy atom. The van der Waals surface area contributed by atoms with Crippen molar-refractivity contribution in [2.24, 2.45) is 0 Å². The van der Waals surface area contributed by atoms with Crippen molar-refractivity contribution in [2.75, 3.05) is 5.73 Å². The molecular formula is C20H11F6N3. The van der Waals surface area contributed by atoms with Crippen molar-refractivity contribution >= 4 is 16.7 Å². The van der Waals surface area contributed by atoms with E-state index in [9.17, 15) is 26.3 Å². The van der Waals surface area contributed by atoms with Crippen LogP contribution in [0.4, 0.5) is 32.3 Å². The van der Waals surface area contributed by atoms with E-state index >= 15 is 0 Å². The zero-order valence-corrected chi connectivity index (χ0v) is 14.4. The highest BCUT2D eigenvalue weighted by Crippen LogP contribution is 2.27. The first kappa shape index (κ1) is 20.1. The van der Waals surface area contributed by atoms with Gasteiger partial charge in [0.15, 0.2) is 0 Å². The monoisotopic (exact) mass is 407 g/mol. The van der Waals surface area contributed by atoms with Crippen LogP contribution in [0.5, 0.6) is 0 Å². The first-order valence-electron chi connectivity index (χ1n) is 8.03. The fourth-order valence-electron chi connectivity index (χ4n) is 2.53. The van der Waals surface area contributed by atoms with Gasteiger partial charge in [-0.3, -0.25) is 0 Å². The number of hydrogen-bond donors (Lipinski definition) is 1. The lowest BCUT2D eigenvalue weighted by molar-refractivity contribution is 0.334. The topological polar surface area (TPSA) is 51.8 Å². The van der Waals surface area contributed by atoms with Gasteiger partial charge in [-0.1, -0.05) is 42.5 Å². The number of nitrogens with two attached hydrogens (primary N) is 1. The highest BCUT2D eigenvalue weighted by molar-refractivity contribution is 5.96. The Bertz CT molecular complexity index is 1070. The Kier molecular flexibility index (Phi) is 5.67. The Hall–Kier alpha value is -3.62. The molecule has 0 amide bonds. The number of halogens is 6. The van der Waals surface area contributed by atoms with E-state index in [1.54, 1.807) is 12.4 Å². The molecule has 29 heavy (non-hydrogen) atoms. The number of fused-ring (bicyclic) bond motifs is 1. The third kappa shape index (κ3) is 3.98. The summed E-state index contributed by atoms with van der Waals surface area (Å²) in [5, 5.41) is 2.41. The molecule has 9 heteroatoms. The Balaban J connectivity index is 0.000000177. The summed E-state index contributed by atoms with van der Waals surface area (Å²) >= 11 is 0. The smallest absolute Gasteiger partial charge is 0.219 e. The number of nitrogen functional groups attached to an aromatic ring is 1. The van der Waals surface area contributed by atoms with Gasteiger partial charge in [0.2, 0.25) is 40.9 Å². The third-order valence-electron chi connectivity index (χ3n) is 3.93. The number of anilines is 1. The van der Waals surface area contributed by atoms with Crippen molar-refractivity contribution in [3.63, 3.8) is 0 Å². The van der Waals surface area contributed by atoms with Crippen molar-refractivity contribution < 1.29 is 26.3 Å². The van der Waals surface area contributed by atoms with Crippen LogP contribution in [0.1, 0.15) is 0 Å². The molecule has 0 atom stereocenters. The van der Waals surface area contributed by atoms with Gasteiger partial charge < -0.3 is 5.73 Å². The summed E-state index contributed by atoms with van der Waals surface area (Å²) in [7, 11) is 0. The van der Waals surface area contributed by atoms with E-state index in [1.165, 1.54) is 10.8 Å². The summed E-state index contributed by atoms with van der Waals surface area (Å²) in [6.45, 7) is 0. The first-order valence-corrected chi connectivity index (χ1v) is 8.03. The molecule has 148 valence electrons. The van der Waals surface area contributed by atoms with Crippen LogP contribution in [0.15, 0.2) is 54.9 Å². The average molecular weight is 407 g/mol. The number of hydrogen-bond acceptors (Lipinski definition) is 3. The van der Waals surface area contributed by atoms with Crippen molar-refractivity contribution in [1.82, 2.24) is 9.97 Å². The van der Waals surface area contributed by atoms with Crippen LogP contribution < -0.4 is 5.73 Å². The summed E-state index contributed by atoms with van der Waals surface area (Å²) in [4.78, 5) is 8.06. The minimum atomic E-state index is -2.37. The number of rotatable bonds is 1. The maximum absolute atomic E-state index is 12.0. The molecule has 1 heterocycles. The van der Waals surface area contributed by atoms with Gasteiger partial charge in [-0.15, -0.1) is 0 Å². The summed E-state index contributed by atoms with van der Waals surface area (Å²) in [5.41, 5.74) is 7.61. The van der Waals surface area contributed by atoms with E-state index in [0.29, 0.717) is 5.95 Å². The fourth-order valence-corrected chi connectivity index (χ4v) is 2.53. The fraction of sp³-hybridized carbons (Fsp3) is 0. The molecule has 0 saturated heterocycles. The molecule has 0 bridgehead atoms. The van der Waals surface area contributed by atoms with Crippen molar-refractivity contribution in [3.8, 4) is 11.1 Å². The highest BCUT2D eigenvalue weighted by Gasteiger charge is 2.25. The average Bonchev–Trinajstić information content (AvgIpc) is 2.76. The molecule has 3 aromatic carbocycles. The number of nitrogens with zero attached hydrogens (tertiary/aromatic N) is 2. The molecular weight excluding hydrogens is 396 g/mol. The van der Waals surface area contributed by atoms with Crippen LogP contribution in [-0.2, 0) is 0 Å². The van der Waals surface area contributed by atoms with Gasteiger partial charge in [0.25, 0.3) is 0 Å². The van der Waals surface area contributed by atoms with Crippen molar-refractivity contribution in [2.45, 2.75) is 0 Å². The summed E-state index contributed by atoms with van der Waals surface area (Å²) in [6, 6.07) is 14.5. The van der Waals surface area contributed by atoms with Crippen LogP contribution in [0.2, 0.25) is 0 Å². The molecule has 0 spiro atoms. The third-order valence-corrected chi connectivity index (χ3v) is 3.93. The predicted octanol–water partition coefficient (Wildman–Crippen LogP) is 5.40. The lowest BCUT2D eigenvalue weighted by Gasteiger charge is -2.05. The van der Waals surface area contributed by atoms with E-state index in [-0.39, 0.29) is 0 Å². The summed E-state index contributed by atoms with van der Waals surface area (Å²) in [5.74, 6) is -13.9. The second-order valence-corrected chi connectivity index (χ2v) is 5.74. The molecule has 2 N–H and O–H groups in total. The van der Waals surface area contributed by atoms with E-state index in [1.807, 2.05) is 18.2 Å². The molecule has 0 fully saturated rings. The van der Waals surface area contributed by atoms with Crippen LogP contribution in [0.3, 0.4) is 0 Å². The van der Waals surface area contributed by atoms with E-state index in [4.69, 9.17) is 5.73 Å². The van der Waals surface area contributed by atoms with Gasteiger partial charge in [0.05, 0.1) is 0 Å². The van der Waals surface area contributed by atoms with E-state index < -0.39 is 34.9 Å². The van der Waals surface area contributed by atoms with Crippen LogP contribution in [0.25, 0.3) is 21.9 Å². The van der Waals surface area contributed by atoms with Crippen LogP contribution in [0, 0.1) is 34.9 Å². The summed E-state index contributed by atoms with van der Waals surface area (Å²) < 4.78 is 72.2. The lowest BCUT2D eigenvalue weighted by atomic mass is 10.0. The minimum absolute atomic E-state index is 0.300. The maximum atomic E-state index is 12.0. The van der Waals surface area contributed by atoms with E-state index in [0.717, 1.165) is 11.1 Å². The van der Waals surface area contributed by atoms with Gasteiger partial charge in [-0.05, 0) is 16.3 Å². The highest BCUT2D eigenvalue weighted by atomic mass is 19.2. The SMILES string of the molecule is Fc1c(F)c(F)c(F)c(F)c1F.Nc1ncc(-c2cccc3ccccc23)cn1. The van der Waals surface area contributed by atoms with Gasteiger partial charge in [-0.25, -0.2) is 36.3 Å². The van der Waals surface area contributed by atoms with Gasteiger partial charge in [0, 0.05) is 18.0 Å². The van der Waals surface area contributed by atoms with E-state index in [2.05, 4.69) is 34.2 Å². The van der Waals surface area contributed by atoms with Gasteiger partial charge >= 0.3 is 0 Å². The molecule has 1 aromatic heterocycles. The molecule has 4 aromatic rings. The number of benzene rings is 3. The quantitative estimate of drug-likeness (QED) is 0.261. The Morgan fingerprint density at radius 3 is 1.55 bits per heavy atom. The summed E-state index contributed by atoms with van der Waals surface area (Å²) in [6.07, 6.45) is 3.51. The largest absolute Gasteiger partial charge is 0.368 e. The van der Waals surface area contributed by atoms with Gasteiger partial charge in [0.1, 0.15) is 0 Å². The number of aromatic nitrogens is 2. The predicted molar refractivity (Wildman–Crippen MR) is 95.6 cm³/mol. The zero-order valence-electron chi connectivity index (χ0n) is 14.4. The first-order chi connectivity index (χ1) is 13.8. The van der Waals surface area contributed by atoms with Crippen molar-refractivity contribution in [1.29, 1.82) is 0 Å². The van der Waals surface area contributed by atoms with Crippen molar-refractivity contribution in [3.05, 3.63) is 89.8 Å². The normalized spacial score (nSPS) is 10.6. The molecule has 4 rings (SSSR count). The molecule has 0 aliphatic heterocycles. The Morgan fingerprint density at radius 1 is 0.586 bits per heavy atom. The van der Waals surface area contributed by atoms with Crippen LogP contribution >= 0.6 is 0 Å². The Labute approximate surface area is 160 Å². The van der Waals surface area contributed by atoms with Crippen LogP contribution in [-0.4, -0.2) is 9.97 Å². The maximum Gasteiger partial charge on any atom is 0.219 e. The second kappa shape index (κ2) is 8.17. The molecule has 0 unspecified atom stereocenters.